The zero-order chi connectivity index (χ0) is 19.8. The van der Waals surface area contributed by atoms with E-state index in [1.54, 1.807) is 6.07 Å². The minimum Gasteiger partial charge on any atom is -0.325 e. The van der Waals surface area contributed by atoms with Crippen molar-refractivity contribution >= 4 is 46.3 Å². The first-order valence-electron chi connectivity index (χ1n) is 9.77. The number of nitrogens with one attached hydrogen (secondary N) is 1. The van der Waals surface area contributed by atoms with Gasteiger partial charge in [0.25, 0.3) is 5.91 Å². The highest BCUT2D eigenvalue weighted by molar-refractivity contribution is 6.31. The Morgan fingerprint density at radius 2 is 1.97 bits per heavy atom. The van der Waals surface area contributed by atoms with Gasteiger partial charge in [-0.3, -0.25) is 9.59 Å². The van der Waals surface area contributed by atoms with E-state index in [1.807, 2.05) is 42.5 Å². The smallest absolute Gasteiger partial charge is 0.259 e. The largest absolute Gasteiger partial charge is 0.325 e. The maximum absolute atomic E-state index is 13.7. The lowest BCUT2D eigenvalue weighted by Crippen LogP contribution is -2.57. The van der Waals surface area contributed by atoms with Gasteiger partial charge in [-0.25, -0.2) is 4.99 Å². The van der Waals surface area contributed by atoms with Crippen molar-refractivity contribution in [3.8, 4) is 0 Å². The van der Waals surface area contributed by atoms with E-state index >= 15 is 0 Å². The monoisotopic (exact) mass is 404 g/mol. The van der Waals surface area contributed by atoms with E-state index in [0.29, 0.717) is 16.5 Å². The number of rotatable bonds is 1. The van der Waals surface area contributed by atoms with E-state index in [2.05, 4.69) is 10.4 Å². The number of amidine groups is 1. The molecule has 1 N–H and O–H groups in total. The molecule has 2 amide bonds. The van der Waals surface area contributed by atoms with Crippen LogP contribution in [0.5, 0.6) is 0 Å². The number of fused-ring (bicyclic) bond motifs is 6. The van der Waals surface area contributed by atoms with Gasteiger partial charge in [0, 0.05) is 22.3 Å². The minimum atomic E-state index is -1.05. The fourth-order valence-electron chi connectivity index (χ4n) is 5.43. The summed E-state index contributed by atoms with van der Waals surface area (Å²) in [6, 6.07) is 14.7. The predicted octanol–water partition coefficient (Wildman–Crippen LogP) is 3.76. The van der Waals surface area contributed by atoms with Crippen molar-refractivity contribution in [1.82, 2.24) is 0 Å². The number of hydrogen-bond donors (Lipinski definition) is 1. The van der Waals surface area contributed by atoms with E-state index in [-0.39, 0.29) is 17.7 Å². The molecule has 0 bridgehead atoms. The lowest BCUT2D eigenvalue weighted by molar-refractivity contribution is -0.130. The second-order valence-corrected chi connectivity index (χ2v) is 8.37. The molecule has 0 radical (unpaired) electrons. The lowest BCUT2D eigenvalue weighted by Gasteiger charge is -2.40. The van der Waals surface area contributed by atoms with Gasteiger partial charge in [-0.1, -0.05) is 29.8 Å². The summed E-state index contributed by atoms with van der Waals surface area (Å²) in [6.45, 7) is 0. The molecule has 6 rings (SSSR count). The van der Waals surface area contributed by atoms with Gasteiger partial charge in [-0.2, -0.15) is 5.01 Å². The fraction of sp³-hybridized carbons (Fsp3) is 0.273. The molecule has 3 atom stereocenters. The van der Waals surface area contributed by atoms with E-state index in [4.69, 9.17) is 16.6 Å². The van der Waals surface area contributed by atoms with Crippen LogP contribution in [0.4, 0.5) is 11.4 Å². The van der Waals surface area contributed by atoms with Gasteiger partial charge in [-0.05, 0) is 55.2 Å². The number of benzene rings is 2. The third kappa shape index (κ3) is 2.07. The number of anilines is 2. The minimum absolute atomic E-state index is 0.120. The third-order valence-electron chi connectivity index (χ3n) is 6.56. The number of hydrogen-bond acceptors (Lipinski definition) is 4. The van der Waals surface area contributed by atoms with Crippen molar-refractivity contribution in [2.24, 2.45) is 21.9 Å². The van der Waals surface area contributed by atoms with Crippen molar-refractivity contribution in [2.75, 3.05) is 10.3 Å². The number of carbonyl (C=O) groups excluding carboxylic acids is 2. The first-order valence-corrected chi connectivity index (χ1v) is 10.1. The molecule has 6 nitrogen and oxygen atoms in total. The van der Waals surface area contributed by atoms with E-state index in [1.165, 1.54) is 5.01 Å². The van der Waals surface area contributed by atoms with E-state index in [9.17, 15) is 9.59 Å². The van der Waals surface area contributed by atoms with Crippen LogP contribution >= 0.6 is 11.6 Å². The van der Waals surface area contributed by atoms with Crippen molar-refractivity contribution in [3.63, 3.8) is 0 Å². The summed E-state index contributed by atoms with van der Waals surface area (Å²) in [6.07, 6.45) is 2.59. The van der Waals surface area contributed by atoms with Crippen LogP contribution in [0.2, 0.25) is 5.02 Å². The Morgan fingerprint density at radius 1 is 1.14 bits per heavy atom. The van der Waals surface area contributed by atoms with Gasteiger partial charge in [0.2, 0.25) is 5.91 Å². The maximum Gasteiger partial charge on any atom is 0.259 e. The summed E-state index contributed by atoms with van der Waals surface area (Å²) in [4.78, 5) is 32.0. The van der Waals surface area contributed by atoms with Crippen molar-refractivity contribution in [3.05, 3.63) is 59.1 Å². The normalized spacial score (nSPS) is 29.3. The molecule has 1 spiro atoms. The Labute approximate surface area is 172 Å². The molecule has 29 heavy (non-hydrogen) atoms. The molecule has 0 saturated heterocycles. The van der Waals surface area contributed by atoms with Crippen LogP contribution in [-0.4, -0.2) is 23.4 Å². The first kappa shape index (κ1) is 16.9. The standard InChI is InChI=1S/C22H17ClN4O2/c23-12-9-10-17-15(11-12)22(21(29)25-17)14-7-4-8-16(14)24-19-18(22)20(28)27(26-19)13-5-2-1-3-6-13/h1-3,5-6,9-11,14,18H,4,7-8H2,(H,25,29). The van der Waals surface area contributed by atoms with Crippen LogP contribution in [0.1, 0.15) is 24.8 Å². The average molecular weight is 405 g/mol. The van der Waals surface area contributed by atoms with Crippen LogP contribution in [0, 0.1) is 11.8 Å². The molecule has 2 aromatic carbocycles. The highest BCUT2D eigenvalue weighted by Crippen LogP contribution is 2.56. The van der Waals surface area contributed by atoms with Gasteiger partial charge >= 0.3 is 0 Å². The Hall–Kier alpha value is -2.99. The lowest BCUT2D eigenvalue weighted by atomic mass is 9.60. The Bertz CT molecular complexity index is 1140. The molecule has 1 fully saturated rings. The Morgan fingerprint density at radius 3 is 2.79 bits per heavy atom. The molecule has 4 aliphatic rings. The molecule has 7 heteroatoms. The molecule has 1 saturated carbocycles. The summed E-state index contributed by atoms with van der Waals surface area (Å²) >= 11 is 6.33. The van der Waals surface area contributed by atoms with Crippen molar-refractivity contribution in [1.29, 1.82) is 0 Å². The number of aliphatic imine (C=N–C) groups is 1. The summed E-state index contributed by atoms with van der Waals surface area (Å²) in [5, 5.41) is 9.52. The topological polar surface area (TPSA) is 74.1 Å². The number of hydrazone groups is 1. The quantitative estimate of drug-likeness (QED) is 0.785. The summed E-state index contributed by atoms with van der Waals surface area (Å²) < 4.78 is 0. The average Bonchev–Trinajstić information content (AvgIpc) is 3.39. The second-order valence-electron chi connectivity index (χ2n) is 7.94. The van der Waals surface area contributed by atoms with Crippen LogP contribution in [0.15, 0.2) is 58.6 Å². The second kappa shape index (κ2) is 5.76. The molecule has 2 aromatic rings. The Kier molecular flexibility index (Phi) is 3.36. The molecular formula is C22H17ClN4O2. The number of carbonyl (C=O) groups is 2. The highest BCUT2D eigenvalue weighted by Gasteiger charge is 2.67. The summed E-state index contributed by atoms with van der Waals surface area (Å²) in [5.74, 6) is -0.825. The molecule has 3 heterocycles. The molecule has 3 aliphatic heterocycles. The number of halogens is 1. The molecule has 0 aromatic heterocycles. The molecule has 3 unspecified atom stereocenters. The van der Waals surface area contributed by atoms with E-state index < -0.39 is 11.3 Å². The highest BCUT2D eigenvalue weighted by atomic mass is 35.5. The van der Waals surface area contributed by atoms with E-state index in [0.717, 1.165) is 36.2 Å². The van der Waals surface area contributed by atoms with Crippen LogP contribution in [-0.2, 0) is 15.0 Å². The van der Waals surface area contributed by atoms with Crippen LogP contribution in [0.3, 0.4) is 0 Å². The Balaban J connectivity index is 1.60. The number of nitrogens with zero attached hydrogens (tertiary/aromatic N) is 3. The van der Waals surface area contributed by atoms with Gasteiger partial charge < -0.3 is 5.32 Å². The number of para-hydroxylation sites is 1. The van der Waals surface area contributed by atoms with Crippen molar-refractivity contribution < 1.29 is 9.59 Å². The third-order valence-corrected chi connectivity index (χ3v) is 6.79. The van der Waals surface area contributed by atoms with Gasteiger partial charge in [0.05, 0.1) is 5.69 Å². The summed E-state index contributed by atoms with van der Waals surface area (Å²) in [5.41, 5.74) is 2.09. The van der Waals surface area contributed by atoms with Gasteiger partial charge in [0.15, 0.2) is 5.84 Å². The zero-order valence-electron chi connectivity index (χ0n) is 15.4. The molecule has 144 valence electrons. The van der Waals surface area contributed by atoms with Gasteiger partial charge in [0.1, 0.15) is 11.3 Å². The van der Waals surface area contributed by atoms with Crippen LogP contribution < -0.4 is 10.3 Å². The summed E-state index contributed by atoms with van der Waals surface area (Å²) in [7, 11) is 0. The predicted molar refractivity (Wildman–Crippen MR) is 111 cm³/mol. The van der Waals surface area contributed by atoms with Crippen molar-refractivity contribution in [2.45, 2.75) is 24.7 Å². The van der Waals surface area contributed by atoms with Crippen LogP contribution in [0.25, 0.3) is 0 Å². The number of amides is 2. The van der Waals surface area contributed by atoms with Gasteiger partial charge in [-0.15, -0.1) is 5.10 Å². The fourth-order valence-corrected chi connectivity index (χ4v) is 5.60. The maximum atomic E-state index is 13.7. The molecular weight excluding hydrogens is 388 g/mol. The SMILES string of the molecule is O=C1C2C(=NN1c1ccccc1)N=C1CCCC1C21C(=O)Nc2ccc(Cl)cc21. The molecule has 1 aliphatic carbocycles. The first-order chi connectivity index (χ1) is 14.1. The zero-order valence-corrected chi connectivity index (χ0v) is 16.2.